The standard InChI is InChI=1S/C26H29NO2/c1-29-22-11-9-20(10-12-22)19-7-5-18(6-8-19)15-21-16-24-25(28)17-23(21)26(24)27-13-3-2-4-14-27/h5-12,16,23-24,26H,2-4,13-15,17H2,1H3/t23?,24-,26?/m0/s1. The van der Waals surface area contributed by atoms with Crippen LogP contribution in [0.3, 0.4) is 0 Å². The summed E-state index contributed by atoms with van der Waals surface area (Å²) in [6.07, 6.45) is 7.95. The number of likely N-dealkylation sites (tertiary alicyclic amines) is 1. The summed E-state index contributed by atoms with van der Waals surface area (Å²) >= 11 is 0. The highest BCUT2D eigenvalue weighted by atomic mass is 16.5. The van der Waals surface area contributed by atoms with Crippen molar-refractivity contribution in [3.63, 3.8) is 0 Å². The number of Topliss-reactive ketones (excluding diaryl/α,β-unsaturated/α-hetero) is 1. The quantitative estimate of drug-likeness (QED) is 0.683. The molecule has 2 fully saturated rings. The van der Waals surface area contributed by atoms with E-state index in [0.29, 0.717) is 17.7 Å². The van der Waals surface area contributed by atoms with Crippen LogP contribution in [0.25, 0.3) is 11.1 Å². The monoisotopic (exact) mass is 387 g/mol. The minimum Gasteiger partial charge on any atom is -0.497 e. The van der Waals surface area contributed by atoms with Gasteiger partial charge in [0.25, 0.3) is 0 Å². The Bertz CT molecular complexity index is 907. The maximum atomic E-state index is 12.5. The number of ketones is 1. The van der Waals surface area contributed by atoms with E-state index in [2.05, 4.69) is 47.4 Å². The van der Waals surface area contributed by atoms with Gasteiger partial charge in [-0.25, -0.2) is 0 Å². The molecule has 5 rings (SSSR count). The number of carbonyl (C=O) groups is 1. The lowest BCUT2D eigenvalue weighted by molar-refractivity contribution is -0.120. The number of fused-ring (bicyclic) bond motifs is 2. The van der Waals surface area contributed by atoms with Crippen molar-refractivity contribution in [3.8, 4) is 16.9 Å². The SMILES string of the molecule is COc1ccc(-c2ccc(CC3=C[C@H]4C(=O)CC3C4N3CCCCC3)cc2)cc1. The highest BCUT2D eigenvalue weighted by molar-refractivity contribution is 5.89. The molecule has 3 aliphatic rings. The molecule has 0 radical (unpaired) electrons. The Balaban J connectivity index is 1.29. The predicted octanol–water partition coefficient (Wildman–Crippen LogP) is 4.90. The molecule has 1 saturated carbocycles. The van der Waals surface area contributed by atoms with Crippen molar-refractivity contribution in [3.05, 3.63) is 65.7 Å². The van der Waals surface area contributed by atoms with Crippen LogP contribution in [0, 0.1) is 11.8 Å². The Morgan fingerprint density at radius 3 is 2.24 bits per heavy atom. The summed E-state index contributed by atoms with van der Waals surface area (Å²) in [5.41, 5.74) is 5.25. The minimum absolute atomic E-state index is 0.145. The molecule has 2 bridgehead atoms. The van der Waals surface area contributed by atoms with Crippen LogP contribution < -0.4 is 4.74 Å². The van der Waals surface area contributed by atoms with Crippen LogP contribution in [0.4, 0.5) is 0 Å². The van der Waals surface area contributed by atoms with Crippen molar-refractivity contribution in [2.24, 2.45) is 11.8 Å². The number of hydrogen-bond donors (Lipinski definition) is 0. The van der Waals surface area contributed by atoms with E-state index in [1.165, 1.54) is 54.6 Å². The van der Waals surface area contributed by atoms with E-state index in [-0.39, 0.29) is 5.92 Å². The lowest BCUT2D eigenvalue weighted by atomic mass is 9.90. The molecular weight excluding hydrogens is 358 g/mol. The first-order valence-electron chi connectivity index (χ1n) is 10.9. The van der Waals surface area contributed by atoms with Crippen LogP contribution in [0.1, 0.15) is 31.2 Å². The van der Waals surface area contributed by atoms with Gasteiger partial charge < -0.3 is 4.74 Å². The number of carbonyl (C=O) groups excluding carboxylic acids is 1. The van der Waals surface area contributed by atoms with Gasteiger partial charge in [0.15, 0.2) is 0 Å². The van der Waals surface area contributed by atoms with Crippen molar-refractivity contribution in [1.29, 1.82) is 0 Å². The van der Waals surface area contributed by atoms with Gasteiger partial charge in [0.1, 0.15) is 11.5 Å². The van der Waals surface area contributed by atoms with E-state index < -0.39 is 0 Å². The fourth-order valence-corrected chi connectivity index (χ4v) is 5.53. The number of benzene rings is 2. The summed E-state index contributed by atoms with van der Waals surface area (Å²) in [5.74, 6) is 1.93. The van der Waals surface area contributed by atoms with E-state index in [1.807, 2.05) is 12.1 Å². The van der Waals surface area contributed by atoms with E-state index in [1.54, 1.807) is 7.11 Å². The molecule has 2 aromatic carbocycles. The van der Waals surface area contributed by atoms with Gasteiger partial charge in [0, 0.05) is 18.4 Å². The van der Waals surface area contributed by atoms with Gasteiger partial charge in [-0.3, -0.25) is 9.69 Å². The van der Waals surface area contributed by atoms with Gasteiger partial charge in [0.05, 0.1) is 13.0 Å². The van der Waals surface area contributed by atoms with Crippen molar-refractivity contribution in [2.45, 2.75) is 38.1 Å². The highest BCUT2D eigenvalue weighted by Gasteiger charge is 2.50. The average molecular weight is 388 g/mol. The van der Waals surface area contributed by atoms with Gasteiger partial charge in [-0.2, -0.15) is 0 Å². The van der Waals surface area contributed by atoms with Crippen LogP contribution in [-0.4, -0.2) is 36.9 Å². The molecule has 2 aliphatic carbocycles. The topological polar surface area (TPSA) is 29.5 Å². The van der Waals surface area contributed by atoms with Crippen molar-refractivity contribution >= 4 is 5.78 Å². The number of piperidine rings is 1. The molecule has 3 atom stereocenters. The Morgan fingerprint density at radius 1 is 0.931 bits per heavy atom. The molecule has 1 saturated heterocycles. The molecule has 0 aromatic heterocycles. The Kier molecular flexibility index (Phi) is 5.01. The summed E-state index contributed by atoms with van der Waals surface area (Å²) in [4.78, 5) is 15.1. The zero-order valence-electron chi connectivity index (χ0n) is 17.1. The first kappa shape index (κ1) is 18.6. The fraction of sp³-hybridized carbons (Fsp3) is 0.423. The number of hydrogen-bond acceptors (Lipinski definition) is 3. The van der Waals surface area contributed by atoms with Gasteiger partial charge in [-0.15, -0.1) is 0 Å². The maximum absolute atomic E-state index is 12.5. The van der Waals surface area contributed by atoms with E-state index >= 15 is 0 Å². The molecule has 3 nitrogen and oxygen atoms in total. The molecule has 1 heterocycles. The van der Waals surface area contributed by atoms with Gasteiger partial charge >= 0.3 is 0 Å². The van der Waals surface area contributed by atoms with E-state index in [0.717, 1.165) is 18.6 Å². The van der Waals surface area contributed by atoms with Crippen molar-refractivity contribution in [1.82, 2.24) is 4.90 Å². The smallest absolute Gasteiger partial charge is 0.141 e. The Morgan fingerprint density at radius 2 is 1.59 bits per heavy atom. The second-order valence-corrected chi connectivity index (χ2v) is 8.73. The second kappa shape index (κ2) is 7.79. The van der Waals surface area contributed by atoms with Crippen LogP contribution >= 0.6 is 0 Å². The van der Waals surface area contributed by atoms with Crippen molar-refractivity contribution < 1.29 is 9.53 Å². The van der Waals surface area contributed by atoms with E-state index in [4.69, 9.17) is 4.74 Å². The molecule has 0 amide bonds. The zero-order chi connectivity index (χ0) is 19.8. The molecule has 150 valence electrons. The molecule has 0 spiro atoms. The van der Waals surface area contributed by atoms with Gasteiger partial charge in [-0.05, 0) is 61.2 Å². The summed E-state index contributed by atoms with van der Waals surface area (Å²) < 4.78 is 5.25. The van der Waals surface area contributed by atoms with Crippen LogP contribution in [0.15, 0.2) is 60.2 Å². The second-order valence-electron chi connectivity index (χ2n) is 8.73. The highest BCUT2D eigenvalue weighted by Crippen LogP contribution is 2.46. The number of methoxy groups -OCH3 is 1. The molecular formula is C26H29NO2. The number of ether oxygens (including phenoxy) is 1. The predicted molar refractivity (Wildman–Crippen MR) is 116 cm³/mol. The summed E-state index contributed by atoms with van der Waals surface area (Å²) in [6.45, 7) is 2.34. The summed E-state index contributed by atoms with van der Waals surface area (Å²) in [6, 6.07) is 17.5. The first-order valence-corrected chi connectivity index (χ1v) is 10.9. The first-order chi connectivity index (χ1) is 14.2. The summed E-state index contributed by atoms with van der Waals surface area (Å²) in [7, 11) is 1.69. The Hall–Kier alpha value is -2.39. The fourth-order valence-electron chi connectivity index (χ4n) is 5.53. The summed E-state index contributed by atoms with van der Waals surface area (Å²) in [5, 5.41) is 0. The zero-order valence-corrected chi connectivity index (χ0v) is 17.1. The molecule has 2 aromatic rings. The maximum Gasteiger partial charge on any atom is 0.141 e. The number of rotatable bonds is 5. The third kappa shape index (κ3) is 3.53. The van der Waals surface area contributed by atoms with Gasteiger partial charge in [-0.1, -0.05) is 54.5 Å². The van der Waals surface area contributed by atoms with Crippen LogP contribution in [-0.2, 0) is 11.2 Å². The minimum atomic E-state index is 0.145. The van der Waals surface area contributed by atoms with Crippen LogP contribution in [0.2, 0.25) is 0 Å². The van der Waals surface area contributed by atoms with E-state index in [9.17, 15) is 4.79 Å². The lowest BCUT2D eigenvalue weighted by Crippen LogP contribution is -2.43. The van der Waals surface area contributed by atoms with Crippen LogP contribution in [0.5, 0.6) is 5.75 Å². The lowest BCUT2D eigenvalue weighted by Gasteiger charge is -2.35. The number of nitrogens with zero attached hydrogens (tertiary/aromatic N) is 1. The van der Waals surface area contributed by atoms with Gasteiger partial charge in [0.2, 0.25) is 0 Å². The molecule has 1 aliphatic heterocycles. The van der Waals surface area contributed by atoms with Crippen molar-refractivity contribution in [2.75, 3.05) is 20.2 Å². The third-order valence-electron chi connectivity index (χ3n) is 7.04. The average Bonchev–Trinajstić information content (AvgIpc) is 3.28. The third-order valence-corrected chi connectivity index (χ3v) is 7.04. The molecule has 0 N–H and O–H groups in total. The molecule has 29 heavy (non-hydrogen) atoms. The molecule has 2 unspecified atom stereocenters. The largest absolute Gasteiger partial charge is 0.497 e. The Labute approximate surface area is 173 Å². The normalized spacial score (nSPS) is 26.6. The molecule has 3 heteroatoms.